The molecule has 21 heavy (non-hydrogen) atoms. The third-order valence-electron chi connectivity index (χ3n) is 2.61. The first kappa shape index (κ1) is 15.7. The zero-order valence-corrected chi connectivity index (χ0v) is 13.0. The van der Waals surface area contributed by atoms with Crippen molar-refractivity contribution >= 4 is 44.9 Å². The first-order valence-electron chi connectivity index (χ1n) is 5.71. The van der Waals surface area contributed by atoms with Gasteiger partial charge in [0.15, 0.2) is 0 Å². The fourth-order valence-corrected chi connectivity index (χ4v) is 2.09. The van der Waals surface area contributed by atoms with E-state index in [1.807, 2.05) is 0 Å². The highest BCUT2D eigenvalue weighted by molar-refractivity contribution is 9.10. The van der Waals surface area contributed by atoms with Gasteiger partial charge >= 0.3 is 0 Å². The maximum Gasteiger partial charge on any atom is 0.257 e. The number of pyridine rings is 1. The first-order valence-corrected chi connectivity index (χ1v) is 6.88. The van der Waals surface area contributed by atoms with Crippen LogP contribution in [0.25, 0.3) is 0 Å². The number of hydrogen-bond acceptors (Lipinski definition) is 3. The third-order valence-corrected chi connectivity index (χ3v) is 3.52. The van der Waals surface area contributed by atoms with Crippen LogP contribution >= 0.6 is 27.5 Å². The van der Waals surface area contributed by atoms with Crippen molar-refractivity contribution in [1.82, 2.24) is 4.98 Å². The van der Waals surface area contributed by atoms with Crippen molar-refractivity contribution in [3.63, 3.8) is 0 Å². The van der Waals surface area contributed by atoms with Gasteiger partial charge in [-0.05, 0) is 28.1 Å². The normalized spacial score (nSPS) is 10.3. The summed E-state index contributed by atoms with van der Waals surface area (Å²) in [7, 11) is 1.63. The van der Waals surface area contributed by atoms with Gasteiger partial charge in [0.1, 0.15) is 17.5 Å². The number of rotatable bonds is 3. The Bertz CT molecular complexity index is 712. The molecule has 2 rings (SSSR count). The van der Waals surface area contributed by atoms with Gasteiger partial charge in [-0.2, -0.15) is 0 Å². The minimum absolute atomic E-state index is 0.0379. The summed E-state index contributed by atoms with van der Waals surface area (Å²) in [6.45, 7) is 0. The molecule has 1 aromatic carbocycles. The van der Waals surface area contributed by atoms with E-state index in [0.717, 1.165) is 6.07 Å². The van der Waals surface area contributed by atoms with E-state index in [1.165, 1.54) is 12.3 Å². The SMILES string of the molecule is CNc1cc(C(=O)Nc2cc(Br)c(F)cc2F)c(Cl)cn1. The largest absolute Gasteiger partial charge is 0.373 e. The quantitative estimate of drug-likeness (QED) is 0.794. The van der Waals surface area contributed by atoms with Crippen molar-refractivity contribution in [3.8, 4) is 0 Å². The molecule has 8 heteroatoms. The van der Waals surface area contributed by atoms with Crippen molar-refractivity contribution in [1.29, 1.82) is 0 Å². The molecule has 0 unspecified atom stereocenters. The van der Waals surface area contributed by atoms with E-state index in [0.29, 0.717) is 11.9 Å². The number of nitrogens with one attached hydrogen (secondary N) is 2. The second-order valence-corrected chi connectivity index (χ2v) is 5.26. The molecule has 2 N–H and O–H groups in total. The van der Waals surface area contributed by atoms with Crippen LogP contribution in [-0.2, 0) is 0 Å². The molecular formula is C13H9BrClF2N3O. The molecule has 0 spiro atoms. The molecule has 1 amide bonds. The summed E-state index contributed by atoms with van der Waals surface area (Å²) in [4.78, 5) is 16.1. The number of hydrogen-bond donors (Lipinski definition) is 2. The van der Waals surface area contributed by atoms with Crippen LogP contribution in [0.15, 0.2) is 28.9 Å². The molecule has 0 aliphatic heterocycles. The molecule has 0 radical (unpaired) electrons. The average molecular weight is 377 g/mol. The number of amides is 1. The number of halogens is 4. The summed E-state index contributed by atoms with van der Waals surface area (Å²) >= 11 is 8.82. The third kappa shape index (κ3) is 3.48. The lowest BCUT2D eigenvalue weighted by Crippen LogP contribution is -2.14. The molecule has 0 saturated carbocycles. The van der Waals surface area contributed by atoms with Crippen LogP contribution in [0.3, 0.4) is 0 Å². The Balaban J connectivity index is 2.32. The Hall–Kier alpha value is -1.73. The van der Waals surface area contributed by atoms with Gasteiger partial charge in [0.25, 0.3) is 5.91 Å². The maximum atomic E-state index is 13.6. The van der Waals surface area contributed by atoms with Gasteiger partial charge in [-0.15, -0.1) is 0 Å². The van der Waals surface area contributed by atoms with Crippen LogP contribution in [0, 0.1) is 11.6 Å². The van der Waals surface area contributed by atoms with E-state index in [4.69, 9.17) is 11.6 Å². The number of benzene rings is 1. The molecule has 0 atom stereocenters. The molecule has 1 heterocycles. The second-order valence-electron chi connectivity index (χ2n) is 4.00. The highest BCUT2D eigenvalue weighted by Gasteiger charge is 2.15. The van der Waals surface area contributed by atoms with Gasteiger partial charge < -0.3 is 10.6 Å². The van der Waals surface area contributed by atoms with Crippen molar-refractivity contribution in [3.05, 3.63) is 51.1 Å². The van der Waals surface area contributed by atoms with E-state index in [1.54, 1.807) is 7.05 Å². The highest BCUT2D eigenvalue weighted by atomic mass is 79.9. The summed E-state index contributed by atoms with van der Waals surface area (Å²) < 4.78 is 26.8. The van der Waals surface area contributed by atoms with Gasteiger partial charge in [0.2, 0.25) is 0 Å². The molecule has 0 bridgehead atoms. The predicted molar refractivity (Wildman–Crippen MR) is 80.8 cm³/mol. The number of nitrogens with zero attached hydrogens (tertiary/aromatic N) is 1. The van der Waals surface area contributed by atoms with Crippen molar-refractivity contribution in [2.24, 2.45) is 0 Å². The molecule has 1 aromatic heterocycles. The molecule has 110 valence electrons. The van der Waals surface area contributed by atoms with Gasteiger partial charge in [0.05, 0.1) is 20.7 Å². The van der Waals surface area contributed by atoms with E-state index >= 15 is 0 Å². The van der Waals surface area contributed by atoms with Crippen LogP contribution in [0.1, 0.15) is 10.4 Å². The second kappa shape index (κ2) is 6.36. The molecule has 0 fully saturated rings. The number of carbonyl (C=O) groups is 1. The highest BCUT2D eigenvalue weighted by Crippen LogP contribution is 2.25. The van der Waals surface area contributed by atoms with Crippen LogP contribution in [0.5, 0.6) is 0 Å². The minimum Gasteiger partial charge on any atom is -0.373 e. The van der Waals surface area contributed by atoms with Crippen molar-refractivity contribution in [2.75, 3.05) is 17.7 Å². The van der Waals surface area contributed by atoms with Crippen LogP contribution < -0.4 is 10.6 Å². The van der Waals surface area contributed by atoms with Gasteiger partial charge in [-0.25, -0.2) is 13.8 Å². The van der Waals surface area contributed by atoms with E-state index in [-0.39, 0.29) is 20.7 Å². The fraction of sp³-hybridized carbons (Fsp3) is 0.0769. The van der Waals surface area contributed by atoms with Crippen LogP contribution in [-0.4, -0.2) is 17.9 Å². The average Bonchev–Trinajstić information content (AvgIpc) is 2.45. The smallest absolute Gasteiger partial charge is 0.257 e. The Labute approximate surface area is 132 Å². The summed E-state index contributed by atoms with van der Waals surface area (Å²) in [5.41, 5.74) is -0.0389. The fourth-order valence-electron chi connectivity index (χ4n) is 1.56. The summed E-state index contributed by atoms with van der Waals surface area (Å²) in [5, 5.41) is 5.22. The topological polar surface area (TPSA) is 54.0 Å². The number of carbonyl (C=O) groups excluding carboxylic acids is 1. The molecule has 0 saturated heterocycles. The first-order chi connectivity index (χ1) is 9.92. The molecule has 2 aromatic rings. The van der Waals surface area contributed by atoms with E-state index in [2.05, 4.69) is 31.5 Å². The molecule has 4 nitrogen and oxygen atoms in total. The van der Waals surface area contributed by atoms with Gasteiger partial charge in [-0.1, -0.05) is 11.6 Å². The maximum absolute atomic E-state index is 13.6. The lowest BCUT2D eigenvalue weighted by atomic mass is 10.2. The van der Waals surface area contributed by atoms with Crippen LogP contribution in [0.4, 0.5) is 20.3 Å². The van der Waals surface area contributed by atoms with Crippen molar-refractivity contribution in [2.45, 2.75) is 0 Å². The number of aromatic nitrogens is 1. The predicted octanol–water partition coefficient (Wildman–Crippen LogP) is 4.07. The summed E-state index contributed by atoms with van der Waals surface area (Å²) in [6, 6.07) is 3.23. The minimum atomic E-state index is -0.886. The van der Waals surface area contributed by atoms with Gasteiger partial charge in [0, 0.05) is 19.3 Å². The summed E-state index contributed by atoms with van der Waals surface area (Å²) in [6.07, 6.45) is 1.30. The number of anilines is 2. The van der Waals surface area contributed by atoms with E-state index in [9.17, 15) is 13.6 Å². The zero-order valence-electron chi connectivity index (χ0n) is 10.7. The Morgan fingerprint density at radius 3 is 2.67 bits per heavy atom. The zero-order chi connectivity index (χ0) is 15.6. The Morgan fingerprint density at radius 1 is 1.29 bits per heavy atom. The molecule has 0 aliphatic carbocycles. The van der Waals surface area contributed by atoms with Crippen LogP contribution in [0.2, 0.25) is 5.02 Å². The molecular weight excluding hydrogens is 368 g/mol. The van der Waals surface area contributed by atoms with Gasteiger partial charge in [-0.3, -0.25) is 4.79 Å². The monoisotopic (exact) mass is 375 g/mol. The summed E-state index contributed by atoms with van der Waals surface area (Å²) in [5.74, 6) is -1.84. The Kier molecular flexibility index (Phi) is 4.74. The Morgan fingerprint density at radius 2 is 2.00 bits per heavy atom. The molecule has 0 aliphatic rings. The van der Waals surface area contributed by atoms with Crippen molar-refractivity contribution < 1.29 is 13.6 Å². The van der Waals surface area contributed by atoms with E-state index < -0.39 is 17.5 Å². The lowest BCUT2D eigenvalue weighted by molar-refractivity contribution is 0.102. The lowest BCUT2D eigenvalue weighted by Gasteiger charge is -2.09. The standard InChI is InChI=1S/C13H9BrClF2N3O/c1-18-12-2-6(8(15)5-19-12)13(21)20-11-3-7(14)9(16)4-10(11)17/h2-5H,1H3,(H,18,19)(H,20,21).